The summed E-state index contributed by atoms with van der Waals surface area (Å²) >= 11 is 0. The quantitative estimate of drug-likeness (QED) is 0.866. The van der Waals surface area contributed by atoms with E-state index in [-0.39, 0.29) is 11.5 Å². The molecule has 5 nitrogen and oxygen atoms in total. The van der Waals surface area contributed by atoms with Crippen molar-refractivity contribution in [3.05, 3.63) is 59.2 Å². The molecule has 0 bridgehead atoms. The molecule has 0 aliphatic carbocycles. The normalized spacial score (nSPS) is 17.0. The van der Waals surface area contributed by atoms with Crippen molar-refractivity contribution < 1.29 is 14.7 Å². The second-order valence-corrected chi connectivity index (χ2v) is 7.05. The van der Waals surface area contributed by atoms with Crippen molar-refractivity contribution in [2.75, 3.05) is 23.3 Å². The van der Waals surface area contributed by atoms with Gasteiger partial charge in [-0.25, -0.2) is 4.79 Å². The summed E-state index contributed by atoms with van der Waals surface area (Å²) in [5, 5.41) is 12.3. The first-order valence-electron chi connectivity index (χ1n) is 8.94. The van der Waals surface area contributed by atoms with Crippen molar-refractivity contribution in [3.8, 4) is 0 Å². The van der Waals surface area contributed by atoms with Gasteiger partial charge in [0.05, 0.1) is 11.3 Å². The van der Waals surface area contributed by atoms with E-state index in [1.807, 2.05) is 25.1 Å². The molecule has 2 aromatic carbocycles. The number of hydrogen-bond donors (Lipinski definition) is 2. The Balaban J connectivity index is 1.85. The predicted molar refractivity (Wildman–Crippen MR) is 103 cm³/mol. The lowest BCUT2D eigenvalue weighted by molar-refractivity contribution is 0.0698. The Bertz CT molecular complexity index is 832. The van der Waals surface area contributed by atoms with E-state index in [1.165, 1.54) is 6.42 Å². The molecule has 0 radical (unpaired) electrons. The van der Waals surface area contributed by atoms with Gasteiger partial charge in [-0.05, 0) is 56.0 Å². The highest BCUT2D eigenvalue weighted by atomic mass is 16.4. The summed E-state index contributed by atoms with van der Waals surface area (Å²) in [5.74, 6) is -0.760. The Morgan fingerprint density at radius 3 is 2.69 bits per heavy atom. The van der Waals surface area contributed by atoms with Gasteiger partial charge in [-0.1, -0.05) is 24.6 Å². The number of amides is 1. The van der Waals surface area contributed by atoms with Crippen molar-refractivity contribution in [2.45, 2.75) is 26.7 Å². The van der Waals surface area contributed by atoms with Crippen LogP contribution in [0.2, 0.25) is 0 Å². The number of hydrogen-bond acceptors (Lipinski definition) is 3. The number of benzene rings is 2. The van der Waals surface area contributed by atoms with Gasteiger partial charge >= 0.3 is 5.97 Å². The van der Waals surface area contributed by atoms with Crippen molar-refractivity contribution >= 4 is 23.3 Å². The zero-order valence-corrected chi connectivity index (χ0v) is 15.2. The zero-order chi connectivity index (χ0) is 18.7. The highest BCUT2D eigenvalue weighted by Crippen LogP contribution is 2.27. The van der Waals surface area contributed by atoms with Crippen LogP contribution in [-0.4, -0.2) is 30.1 Å². The average Bonchev–Trinajstić information content (AvgIpc) is 2.61. The molecule has 1 aliphatic rings. The minimum atomic E-state index is -1.04. The number of aryl methyl sites for hydroxylation is 1. The number of rotatable bonds is 4. The molecule has 1 saturated heterocycles. The van der Waals surface area contributed by atoms with Gasteiger partial charge in [0, 0.05) is 24.3 Å². The van der Waals surface area contributed by atoms with Crippen LogP contribution in [0.5, 0.6) is 0 Å². The number of carbonyl (C=O) groups is 2. The average molecular weight is 352 g/mol. The molecule has 0 aromatic heterocycles. The van der Waals surface area contributed by atoms with Gasteiger partial charge in [-0.3, -0.25) is 4.79 Å². The number of carboxylic acid groups (broad SMARTS) is 1. The first kappa shape index (κ1) is 18.0. The van der Waals surface area contributed by atoms with Crippen LogP contribution in [-0.2, 0) is 0 Å². The van der Waals surface area contributed by atoms with Crippen LogP contribution in [0.15, 0.2) is 42.5 Å². The van der Waals surface area contributed by atoms with Crippen molar-refractivity contribution in [2.24, 2.45) is 5.92 Å². The van der Waals surface area contributed by atoms with E-state index >= 15 is 0 Å². The Morgan fingerprint density at radius 1 is 1.19 bits per heavy atom. The maximum Gasteiger partial charge on any atom is 0.337 e. The van der Waals surface area contributed by atoms with Crippen LogP contribution in [0.3, 0.4) is 0 Å². The number of nitrogens with zero attached hydrogens (tertiary/aromatic N) is 1. The fourth-order valence-corrected chi connectivity index (χ4v) is 3.42. The van der Waals surface area contributed by atoms with Gasteiger partial charge in [-0.2, -0.15) is 0 Å². The summed E-state index contributed by atoms with van der Waals surface area (Å²) in [6.45, 7) is 5.97. The fourth-order valence-electron chi connectivity index (χ4n) is 3.42. The number of carbonyl (C=O) groups excluding carboxylic acids is 1. The van der Waals surface area contributed by atoms with Crippen LogP contribution in [0.25, 0.3) is 0 Å². The first-order chi connectivity index (χ1) is 12.4. The molecule has 26 heavy (non-hydrogen) atoms. The molecule has 2 N–H and O–H groups in total. The summed E-state index contributed by atoms with van der Waals surface area (Å²) in [6.07, 6.45) is 2.31. The van der Waals surface area contributed by atoms with Gasteiger partial charge < -0.3 is 15.3 Å². The molecule has 0 unspecified atom stereocenters. The molecular formula is C21H24N2O3. The van der Waals surface area contributed by atoms with Gasteiger partial charge in [0.1, 0.15) is 0 Å². The molecule has 1 fully saturated rings. The summed E-state index contributed by atoms with van der Waals surface area (Å²) in [7, 11) is 0. The summed E-state index contributed by atoms with van der Waals surface area (Å²) < 4.78 is 0. The molecular weight excluding hydrogens is 328 g/mol. The van der Waals surface area contributed by atoms with E-state index < -0.39 is 5.97 Å². The third-order valence-corrected chi connectivity index (χ3v) is 4.78. The zero-order valence-electron chi connectivity index (χ0n) is 15.2. The third kappa shape index (κ3) is 4.04. The van der Waals surface area contributed by atoms with E-state index in [1.54, 1.807) is 24.3 Å². The van der Waals surface area contributed by atoms with E-state index in [9.17, 15) is 14.7 Å². The van der Waals surface area contributed by atoms with Crippen LogP contribution in [0.4, 0.5) is 11.4 Å². The number of aromatic carboxylic acids is 1. The summed E-state index contributed by atoms with van der Waals surface area (Å²) in [6, 6.07) is 12.4. The largest absolute Gasteiger partial charge is 0.478 e. The number of anilines is 2. The fraction of sp³-hybridized carbons (Fsp3) is 0.333. The molecule has 136 valence electrons. The van der Waals surface area contributed by atoms with Crippen molar-refractivity contribution in [3.63, 3.8) is 0 Å². The minimum absolute atomic E-state index is 0.113. The molecule has 2 aromatic rings. The van der Waals surface area contributed by atoms with Gasteiger partial charge in [0.2, 0.25) is 0 Å². The van der Waals surface area contributed by atoms with Gasteiger partial charge in [0.25, 0.3) is 5.91 Å². The van der Waals surface area contributed by atoms with Gasteiger partial charge in [-0.15, -0.1) is 0 Å². The lowest BCUT2D eigenvalue weighted by Crippen LogP contribution is -2.34. The number of piperidine rings is 1. The first-order valence-corrected chi connectivity index (χ1v) is 8.94. The second kappa shape index (κ2) is 7.60. The Hall–Kier alpha value is -2.82. The Kier molecular flexibility index (Phi) is 5.26. The van der Waals surface area contributed by atoms with Gasteiger partial charge in [0.15, 0.2) is 0 Å². The van der Waals surface area contributed by atoms with Crippen LogP contribution >= 0.6 is 0 Å². The van der Waals surface area contributed by atoms with E-state index in [0.717, 1.165) is 30.8 Å². The topological polar surface area (TPSA) is 69.6 Å². The standard InChI is InChI=1S/C21H24N2O3/c1-14-5-3-7-16(11-14)20(24)22-19-9-8-17(12-18(19)21(25)26)23-10-4-6-15(2)13-23/h3,5,7-9,11-12,15H,4,6,10,13H2,1-2H3,(H,22,24)(H,25,26)/t15-/m1/s1. The lowest BCUT2D eigenvalue weighted by Gasteiger charge is -2.33. The van der Waals surface area contributed by atoms with Crippen molar-refractivity contribution in [1.29, 1.82) is 0 Å². The molecule has 1 amide bonds. The van der Waals surface area contributed by atoms with Crippen LogP contribution < -0.4 is 10.2 Å². The highest BCUT2D eigenvalue weighted by Gasteiger charge is 2.20. The lowest BCUT2D eigenvalue weighted by atomic mass is 9.99. The molecule has 3 rings (SSSR count). The van der Waals surface area contributed by atoms with E-state index in [2.05, 4.69) is 17.1 Å². The number of nitrogens with one attached hydrogen (secondary N) is 1. The SMILES string of the molecule is Cc1cccc(C(=O)Nc2ccc(N3CCC[C@@H](C)C3)cc2C(=O)O)c1. The smallest absolute Gasteiger partial charge is 0.337 e. The van der Waals surface area contributed by atoms with E-state index in [4.69, 9.17) is 0 Å². The molecule has 1 aliphatic heterocycles. The molecule has 1 heterocycles. The third-order valence-electron chi connectivity index (χ3n) is 4.78. The van der Waals surface area contributed by atoms with Crippen LogP contribution in [0.1, 0.15) is 46.0 Å². The Morgan fingerprint density at radius 2 is 2.00 bits per heavy atom. The molecule has 1 atom stereocenters. The monoisotopic (exact) mass is 352 g/mol. The highest BCUT2D eigenvalue weighted by molar-refractivity contribution is 6.08. The van der Waals surface area contributed by atoms with Crippen LogP contribution in [0, 0.1) is 12.8 Å². The van der Waals surface area contributed by atoms with Crippen molar-refractivity contribution in [1.82, 2.24) is 0 Å². The number of carboxylic acids is 1. The molecule has 0 saturated carbocycles. The Labute approximate surface area is 153 Å². The predicted octanol–water partition coefficient (Wildman–Crippen LogP) is 4.18. The maximum absolute atomic E-state index is 12.5. The van der Waals surface area contributed by atoms with E-state index in [0.29, 0.717) is 17.2 Å². The molecule has 0 spiro atoms. The molecule has 5 heteroatoms. The maximum atomic E-state index is 12.5. The minimum Gasteiger partial charge on any atom is -0.478 e. The second-order valence-electron chi connectivity index (χ2n) is 7.05. The summed E-state index contributed by atoms with van der Waals surface area (Å²) in [4.78, 5) is 26.4. The summed E-state index contributed by atoms with van der Waals surface area (Å²) in [5.41, 5.74) is 2.81.